The number of halogens is 3. The highest BCUT2D eigenvalue weighted by atomic mass is 32.1. The van der Waals surface area contributed by atoms with Gasteiger partial charge in [0.2, 0.25) is 5.11 Å². The first kappa shape index (κ1) is 15.4. The maximum atomic E-state index is 12.2. The summed E-state index contributed by atoms with van der Waals surface area (Å²) in [5.41, 5.74) is 1.94. The minimum absolute atomic E-state index is 0.0344. The predicted octanol–water partition coefficient (Wildman–Crippen LogP) is 0.506. The van der Waals surface area contributed by atoms with E-state index in [1.165, 1.54) is 12.1 Å². The zero-order valence-corrected chi connectivity index (χ0v) is 10.3. The van der Waals surface area contributed by atoms with Gasteiger partial charge in [-0.2, -0.15) is 0 Å². The maximum absolute atomic E-state index is 12.2. The summed E-state index contributed by atoms with van der Waals surface area (Å²) in [5, 5.41) is 9.86. The predicted molar refractivity (Wildman–Crippen MR) is 65.6 cm³/mol. The first-order chi connectivity index (χ1) is 8.80. The second-order valence-corrected chi connectivity index (χ2v) is 3.67. The monoisotopic (exact) mass is 296 g/mol. The Morgan fingerprint density at radius 2 is 2.11 bits per heavy atom. The van der Waals surface area contributed by atoms with E-state index in [1.807, 2.05) is 0 Å². The number of thiocarbonyl (C=S) groups is 1. The fourth-order valence-corrected chi connectivity index (χ4v) is 1.44. The molecule has 6 N–H and O–H groups in total. The van der Waals surface area contributed by atoms with Crippen LogP contribution >= 0.6 is 12.2 Å². The molecule has 106 valence electrons. The highest BCUT2D eigenvalue weighted by Gasteiger charge is 2.32. The number of nitrogens with zero attached hydrogens (tertiary/aromatic N) is 1. The van der Waals surface area contributed by atoms with Crippen LogP contribution in [-0.4, -0.2) is 16.6 Å². The largest absolute Gasteiger partial charge is 0.573 e. The molecule has 0 aliphatic heterocycles. The molecule has 10 heteroatoms. The van der Waals surface area contributed by atoms with Gasteiger partial charge in [-0.05, 0) is 24.4 Å². The van der Waals surface area contributed by atoms with E-state index < -0.39 is 18.7 Å². The molecule has 0 radical (unpaired) electrons. The molecule has 19 heavy (non-hydrogen) atoms. The Morgan fingerprint density at radius 3 is 2.58 bits per heavy atom. The van der Waals surface area contributed by atoms with Crippen molar-refractivity contribution in [1.29, 1.82) is 0 Å². The highest BCUT2D eigenvalue weighted by Crippen LogP contribution is 2.32. The molecule has 0 fully saturated rings. The van der Waals surface area contributed by atoms with Crippen LogP contribution in [0.4, 0.5) is 18.9 Å². The Morgan fingerprint density at radius 1 is 1.47 bits per heavy atom. The Kier molecular flexibility index (Phi) is 4.89. The molecule has 0 aliphatic rings. The number of nitrogens with one attached hydrogen (secondary N) is 1. The van der Waals surface area contributed by atoms with Gasteiger partial charge in [0.15, 0.2) is 0 Å². The van der Waals surface area contributed by atoms with E-state index in [-0.39, 0.29) is 16.4 Å². The molecule has 0 bridgehead atoms. The molecule has 1 rings (SSSR count). The van der Waals surface area contributed by atoms with Gasteiger partial charge in [0, 0.05) is 5.56 Å². The average Bonchev–Trinajstić information content (AvgIpc) is 2.34. The van der Waals surface area contributed by atoms with Gasteiger partial charge in [-0.3, -0.25) is 10.4 Å². The van der Waals surface area contributed by atoms with Crippen LogP contribution in [0.15, 0.2) is 18.2 Å². The molecule has 1 aromatic rings. The zero-order valence-electron chi connectivity index (χ0n) is 9.44. The minimum Gasteiger partial charge on any atom is -0.405 e. The minimum atomic E-state index is -4.88. The van der Waals surface area contributed by atoms with E-state index in [9.17, 15) is 18.3 Å². The van der Waals surface area contributed by atoms with Gasteiger partial charge in [0.25, 0.3) is 0 Å². The molecule has 0 aromatic heterocycles. The number of aliphatic hydroxyl groups excluding tert-OH is 1. The third-order valence-corrected chi connectivity index (χ3v) is 2.41. The van der Waals surface area contributed by atoms with Gasteiger partial charge in [-0.15, -0.1) is 13.2 Å². The standard InChI is InChI=1S/C9H11F3N4O2S/c10-9(11,12)18-7-3-1-2-6(5(7)4-17)16(14)8(19)15-13/h1-3,17H,4,13-14H2,(H,15,19). The van der Waals surface area contributed by atoms with Crippen molar-refractivity contribution in [3.63, 3.8) is 0 Å². The second kappa shape index (κ2) is 6.02. The third kappa shape index (κ3) is 3.92. The summed E-state index contributed by atoms with van der Waals surface area (Å²) >= 11 is 4.74. The molecule has 6 nitrogen and oxygen atoms in total. The normalized spacial score (nSPS) is 11.1. The smallest absolute Gasteiger partial charge is 0.405 e. The molecule has 0 atom stereocenters. The van der Waals surface area contributed by atoms with E-state index in [2.05, 4.69) is 10.2 Å². The lowest BCUT2D eigenvalue weighted by molar-refractivity contribution is -0.275. The van der Waals surface area contributed by atoms with Crippen molar-refractivity contribution >= 4 is 23.0 Å². The lowest BCUT2D eigenvalue weighted by Crippen LogP contribution is -2.47. The summed E-state index contributed by atoms with van der Waals surface area (Å²) in [7, 11) is 0. The van der Waals surface area contributed by atoms with Gasteiger partial charge in [0.05, 0.1) is 12.3 Å². The number of nitrogens with two attached hydrogens (primary N) is 2. The fourth-order valence-electron chi connectivity index (χ4n) is 1.34. The highest BCUT2D eigenvalue weighted by molar-refractivity contribution is 7.80. The number of aliphatic hydroxyl groups is 1. The molecule has 0 spiro atoms. The van der Waals surface area contributed by atoms with E-state index in [0.717, 1.165) is 11.1 Å². The van der Waals surface area contributed by atoms with Crippen molar-refractivity contribution in [3.05, 3.63) is 23.8 Å². The first-order valence-corrected chi connectivity index (χ1v) is 5.25. The number of benzene rings is 1. The summed E-state index contributed by atoms with van der Waals surface area (Å²) in [6.45, 7) is -0.720. The Hall–Kier alpha value is -1.62. The topological polar surface area (TPSA) is 96.8 Å². The number of ether oxygens (including phenoxy) is 1. The summed E-state index contributed by atoms with van der Waals surface area (Å²) in [4.78, 5) is 0. The Bertz CT molecular complexity index is 469. The molecule has 0 saturated heterocycles. The quantitative estimate of drug-likeness (QED) is 0.366. The van der Waals surface area contributed by atoms with Gasteiger partial charge in [0.1, 0.15) is 5.75 Å². The van der Waals surface area contributed by atoms with Crippen molar-refractivity contribution in [1.82, 2.24) is 5.43 Å². The number of hydrogen-bond acceptors (Lipinski definition) is 5. The second-order valence-electron chi connectivity index (χ2n) is 3.28. The van der Waals surface area contributed by atoms with Crippen molar-refractivity contribution in [2.24, 2.45) is 11.7 Å². The molecular weight excluding hydrogens is 285 g/mol. The van der Waals surface area contributed by atoms with Gasteiger partial charge in [-0.1, -0.05) is 6.07 Å². The molecule has 0 heterocycles. The van der Waals surface area contributed by atoms with Crippen molar-refractivity contribution in [3.8, 4) is 5.75 Å². The Labute approximate surface area is 111 Å². The van der Waals surface area contributed by atoms with Crippen LogP contribution in [0.2, 0.25) is 0 Å². The molecule has 0 unspecified atom stereocenters. The zero-order chi connectivity index (χ0) is 14.6. The van der Waals surface area contributed by atoms with Crippen LogP contribution in [0.5, 0.6) is 5.75 Å². The summed E-state index contributed by atoms with van der Waals surface area (Å²) < 4.78 is 40.4. The summed E-state index contributed by atoms with van der Waals surface area (Å²) in [5.74, 6) is 10.0. The van der Waals surface area contributed by atoms with Gasteiger partial charge >= 0.3 is 6.36 Å². The van der Waals surface area contributed by atoms with Crippen molar-refractivity contribution in [2.45, 2.75) is 13.0 Å². The van der Waals surface area contributed by atoms with Crippen LogP contribution < -0.4 is 26.9 Å². The van der Waals surface area contributed by atoms with Gasteiger partial charge < -0.3 is 9.84 Å². The fraction of sp³-hybridized carbons (Fsp3) is 0.222. The maximum Gasteiger partial charge on any atom is 0.573 e. The van der Waals surface area contributed by atoms with Crippen LogP contribution in [0, 0.1) is 0 Å². The van der Waals surface area contributed by atoms with Crippen LogP contribution in [-0.2, 0) is 6.61 Å². The van der Waals surface area contributed by atoms with E-state index >= 15 is 0 Å². The molecule has 0 amide bonds. The Balaban J connectivity index is 3.20. The number of rotatable bonds is 3. The van der Waals surface area contributed by atoms with E-state index in [4.69, 9.17) is 23.9 Å². The number of hydrazine groups is 2. The first-order valence-electron chi connectivity index (χ1n) is 4.84. The molecular formula is C9H11F3N4O2S. The lowest BCUT2D eigenvalue weighted by Gasteiger charge is -2.23. The van der Waals surface area contributed by atoms with Crippen molar-refractivity contribution < 1.29 is 23.0 Å². The number of anilines is 1. The SMILES string of the molecule is NNC(=S)N(N)c1cccc(OC(F)(F)F)c1CO. The molecule has 0 aliphatic carbocycles. The molecule has 1 aromatic carbocycles. The summed E-state index contributed by atoms with van der Waals surface area (Å²) in [6, 6.07) is 3.68. The van der Waals surface area contributed by atoms with Crippen LogP contribution in [0.1, 0.15) is 5.56 Å². The average molecular weight is 296 g/mol. The molecule has 0 saturated carbocycles. The number of hydrogen-bond donors (Lipinski definition) is 4. The van der Waals surface area contributed by atoms with Crippen molar-refractivity contribution in [2.75, 3.05) is 5.01 Å². The van der Waals surface area contributed by atoms with Crippen LogP contribution in [0.3, 0.4) is 0 Å². The lowest BCUT2D eigenvalue weighted by atomic mass is 10.1. The van der Waals surface area contributed by atoms with E-state index in [0.29, 0.717) is 0 Å². The number of alkyl halides is 3. The van der Waals surface area contributed by atoms with Crippen LogP contribution in [0.25, 0.3) is 0 Å². The van der Waals surface area contributed by atoms with Gasteiger partial charge in [-0.25, -0.2) is 11.7 Å². The summed E-state index contributed by atoms with van der Waals surface area (Å²) in [6.07, 6.45) is -4.88. The van der Waals surface area contributed by atoms with E-state index in [1.54, 1.807) is 0 Å². The third-order valence-electron chi connectivity index (χ3n) is 2.09.